The molecule has 0 saturated heterocycles. The summed E-state index contributed by atoms with van der Waals surface area (Å²) in [5.41, 5.74) is 5.70. The van der Waals surface area contributed by atoms with Crippen molar-refractivity contribution >= 4 is 23.4 Å². The average Bonchev–Trinajstić information content (AvgIpc) is 3.01. The van der Waals surface area contributed by atoms with Gasteiger partial charge in [-0.05, 0) is 24.7 Å². The van der Waals surface area contributed by atoms with E-state index in [1.165, 1.54) is 6.20 Å². The fourth-order valence-corrected chi connectivity index (χ4v) is 1.86. The lowest BCUT2D eigenvalue weighted by molar-refractivity contribution is 0.253. The molecule has 5 nitrogen and oxygen atoms in total. The highest BCUT2D eigenvalue weighted by Crippen LogP contribution is 2.48. The minimum Gasteiger partial charge on any atom is -0.396 e. The number of hydrogen-bond donors (Lipinski definition) is 3. The molecule has 0 aromatic carbocycles. The zero-order chi connectivity index (χ0) is 11.6. The van der Waals surface area contributed by atoms with Crippen molar-refractivity contribution in [1.29, 1.82) is 0 Å². The molecule has 0 aliphatic heterocycles. The minimum atomic E-state index is 0.207. The summed E-state index contributed by atoms with van der Waals surface area (Å²) in [6.45, 7) is 0.991. The number of aliphatic hydroxyl groups is 1. The number of nitrogens with two attached hydrogens (primary N) is 1. The minimum absolute atomic E-state index is 0.207. The number of nitrogens with one attached hydrogen (secondary N) is 1. The van der Waals surface area contributed by atoms with Gasteiger partial charge < -0.3 is 16.2 Å². The van der Waals surface area contributed by atoms with Crippen LogP contribution in [-0.2, 0) is 0 Å². The van der Waals surface area contributed by atoms with Crippen LogP contribution in [0.5, 0.6) is 0 Å². The predicted molar refractivity (Wildman–Crippen MR) is 63.3 cm³/mol. The molecule has 0 spiro atoms. The van der Waals surface area contributed by atoms with Crippen LogP contribution in [0.25, 0.3) is 0 Å². The van der Waals surface area contributed by atoms with Gasteiger partial charge >= 0.3 is 0 Å². The number of aliphatic hydroxyl groups excluding tert-OH is 1. The number of hydrogen-bond acceptors (Lipinski definition) is 5. The van der Waals surface area contributed by atoms with Gasteiger partial charge in [-0.25, -0.2) is 4.98 Å². The van der Waals surface area contributed by atoms with E-state index in [1.54, 1.807) is 0 Å². The van der Waals surface area contributed by atoms with E-state index >= 15 is 0 Å². The van der Waals surface area contributed by atoms with Crippen molar-refractivity contribution in [2.45, 2.75) is 19.3 Å². The summed E-state index contributed by atoms with van der Waals surface area (Å²) in [5.74, 6) is 0.775. The maximum Gasteiger partial charge on any atom is 0.222 e. The van der Waals surface area contributed by atoms with Crippen LogP contribution in [0.3, 0.4) is 0 Å². The van der Waals surface area contributed by atoms with Gasteiger partial charge in [0, 0.05) is 13.2 Å². The van der Waals surface area contributed by atoms with Crippen LogP contribution in [0.1, 0.15) is 19.3 Å². The first-order valence-corrected chi connectivity index (χ1v) is 5.66. The average molecular weight is 243 g/mol. The maximum atomic E-state index is 8.94. The molecule has 1 aliphatic carbocycles. The lowest BCUT2D eigenvalue weighted by Crippen LogP contribution is -2.18. The number of rotatable bonds is 5. The van der Waals surface area contributed by atoms with Gasteiger partial charge in [0.2, 0.25) is 5.95 Å². The van der Waals surface area contributed by atoms with E-state index in [1.807, 2.05) is 0 Å². The van der Waals surface area contributed by atoms with Crippen LogP contribution in [-0.4, -0.2) is 28.2 Å². The summed E-state index contributed by atoms with van der Waals surface area (Å²) in [6.07, 6.45) is 4.58. The standard InChI is InChI=1S/C10H15ClN4O/c11-7-5-13-9(12)15-8(7)14-6-10(1-2-10)3-4-16/h5,16H,1-4,6H2,(H3,12,13,14,15). The van der Waals surface area contributed by atoms with Crippen LogP contribution in [0.2, 0.25) is 5.02 Å². The van der Waals surface area contributed by atoms with Crippen LogP contribution in [0.15, 0.2) is 6.20 Å². The monoisotopic (exact) mass is 242 g/mol. The molecule has 0 atom stereocenters. The van der Waals surface area contributed by atoms with Crippen molar-refractivity contribution in [3.8, 4) is 0 Å². The van der Waals surface area contributed by atoms with Crippen molar-refractivity contribution in [2.75, 3.05) is 24.2 Å². The van der Waals surface area contributed by atoms with Crippen molar-refractivity contribution < 1.29 is 5.11 Å². The second kappa shape index (κ2) is 4.43. The molecule has 4 N–H and O–H groups in total. The Labute approximate surface area is 99.0 Å². The Hall–Kier alpha value is -1.07. The molecule has 1 heterocycles. The van der Waals surface area contributed by atoms with Gasteiger partial charge in [0.1, 0.15) is 10.8 Å². The Morgan fingerprint density at radius 2 is 2.31 bits per heavy atom. The van der Waals surface area contributed by atoms with Crippen molar-refractivity contribution in [1.82, 2.24) is 9.97 Å². The fourth-order valence-electron chi connectivity index (χ4n) is 1.71. The second-order valence-electron chi connectivity index (χ2n) is 4.25. The third-order valence-electron chi connectivity index (χ3n) is 2.99. The maximum absolute atomic E-state index is 8.94. The van der Waals surface area contributed by atoms with E-state index in [2.05, 4.69) is 15.3 Å². The van der Waals surface area contributed by atoms with Crippen LogP contribution < -0.4 is 11.1 Å². The van der Waals surface area contributed by atoms with Crippen molar-refractivity contribution in [3.63, 3.8) is 0 Å². The summed E-state index contributed by atoms with van der Waals surface area (Å²) in [6, 6.07) is 0. The number of halogens is 1. The predicted octanol–water partition coefficient (Wildman–Crippen LogP) is 1.29. The van der Waals surface area contributed by atoms with Gasteiger partial charge in [0.05, 0.1) is 6.20 Å². The van der Waals surface area contributed by atoms with Crippen molar-refractivity contribution in [2.24, 2.45) is 5.41 Å². The Bertz CT molecular complexity index is 381. The topological polar surface area (TPSA) is 84.1 Å². The molecule has 1 fully saturated rings. The highest BCUT2D eigenvalue weighted by Gasteiger charge is 2.41. The normalized spacial score (nSPS) is 17.1. The smallest absolute Gasteiger partial charge is 0.222 e. The van der Waals surface area contributed by atoms with Crippen LogP contribution >= 0.6 is 11.6 Å². The molecule has 1 aromatic rings. The number of nitrogen functional groups attached to an aromatic ring is 1. The molecule has 0 radical (unpaired) electrons. The number of aromatic nitrogens is 2. The molecule has 6 heteroatoms. The number of nitrogens with zero attached hydrogens (tertiary/aromatic N) is 2. The van der Waals surface area contributed by atoms with Crippen LogP contribution in [0, 0.1) is 5.41 Å². The quantitative estimate of drug-likeness (QED) is 0.725. The second-order valence-corrected chi connectivity index (χ2v) is 4.66. The highest BCUT2D eigenvalue weighted by atomic mass is 35.5. The summed E-state index contributed by atoms with van der Waals surface area (Å²) in [5, 5.41) is 12.6. The van der Waals surface area contributed by atoms with Gasteiger partial charge in [-0.2, -0.15) is 4.98 Å². The van der Waals surface area contributed by atoms with E-state index in [4.69, 9.17) is 22.4 Å². The third kappa shape index (κ3) is 2.54. The highest BCUT2D eigenvalue weighted by molar-refractivity contribution is 6.32. The summed E-state index contributed by atoms with van der Waals surface area (Å²) in [4.78, 5) is 7.82. The molecule has 0 bridgehead atoms. The summed E-state index contributed by atoms with van der Waals surface area (Å²) < 4.78 is 0. The lowest BCUT2D eigenvalue weighted by atomic mass is 10.0. The van der Waals surface area contributed by atoms with E-state index in [0.29, 0.717) is 10.8 Å². The SMILES string of the molecule is Nc1ncc(Cl)c(NCC2(CCO)CC2)n1. The van der Waals surface area contributed by atoms with Gasteiger partial charge in [0.25, 0.3) is 0 Å². The molecule has 0 unspecified atom stereocenters. The fraction of sp³-hybridized carbons (Fsp3) is 0.600. The van der Waals surface area contributed by atoms with Gasteiger partial charge in [-0.15, -0.1) is 0 Å². The summed E-state index contributed by atoms with van der Waals surface area (Å²) >= 11 is 5.93. The Morgan fingerprint density at radius 3 is 2.94 bits per heavy atom. The van der Waals surface area contributed by atoms with E-state index in [0.717, 1.165) is 25.8 Å². The van der Waals surface area contributed by atoms with E-state index in [-0.39, 0.29) is 18.0 Å². The Morgan fingerprint density at radius 1 is 1.56 bits per heavy atom. The number of anilines is 2. The zero-order valence-electron chi connectivity index (χ0n) is 8.91. The van der Waals surface area contributed by atoms with Crippen molar-refractivity contribution in [3.05, 3.63) is 11.2 Å². The molecule has 88 valence electrons. The third-order valence-corrected chi connectivity index (χ3v) is 3.27. The molecule has 16 heavy (non-hydrogen) atoms. The first kappa shape index (κ1) is 11.4. The molecular weight excluding hydrogens is 228 g/mol. The molecule has 1 saturated carbocycles. The lowest BCUT2D eigenvalue weighted by Gasteiger charge is -2.15. The first-order chi connectivity index (χ1) is 7.65. The largest absolute Gasteiger partial charge is 0.396 e. The van der Waals surface area contributed by atoms with E-state index < -0.39 is 0 Å². The van der Waals surface area contributed by atoms with Gasteiger partial charge in [-0.1, -0.05) is 11.6 Å². The van der Waals surface area contributed by atoms with Crippen LogP contribution in [0.4, 0.5) is 11.8 Å². The molecular formula is C10H15ClN4O. The van der Waals surface area contributed by atoms with Gasteiger partial charge in [0.15, 0.2) is 0 Å². The Balaban J connectivity index is 1.97. The van der Waals surface area contributed by atoms with Gasteiger partial charge in [-0.3, -0.25) is 0 Å². The summed E-state index contributed by atoms with van der Waals surface area (Å²) in [7, 11) is 0. The molecule has 2 rings (SSSR count). The molecule has 1 aromatic heterocycles. The molecule has 1 aliphatic rings. The van der Waals surface area contributed by atoms with E-state index in [9.17, 15) is 0 Å². The molecule has 0 amide bonds. The first-order valence-electron chi connectivity index (χ1n) is 5.28. The Kier molecular flexibility index (Phi) is 3.16. The zero-order valence-corrected chi connectivity index (χ0v) is 9.67.